The first kappa shape index (κ1) is 22.4. The molecule has 5 heterocycles. The summed E-state index contributed by atoms with van der Waals surface area (Å²) < 4.78 is 1.98. The molecule has 0 atom stereocenters. The molecule has 2 fully saturated rings. The normalized spacial score (nSPS) is 18.5. The van der Waals surface area contributed by atoms with Gasteiger partial charge in [-0.15, -0.1) is 0 Å². The highest BCUT2D eigenvalue weighted by atomic mass is 15.4. The molecule has 0 bridgehead atoms. The summed E-state index contributed by atoms with van der Waals surface area (Å²) in [6, 6.07) is 15.1. The molecule has 2 aliphatic rings. The van der Waals surface area contributed by atoms with Gasteiger partial charge >= 0.3 is 0 Å². The molecule has 6 rings (SSSR count). The van der Waals surface area contributed by atoms with E-state index >= 15 is 0 Å². The van der Waals surface area contributed by atoms with Crippen molar-refractivity contribution >= 4 is 11.0 Å². The van der Waals surface area contributed by atoms with Crippen LogP contribution < -0.4 is 0 Å². The van der Waals surface area contributed by atoms with Gasteiger partial charge in [0.05, 0.1) is 36.0 Å². The Balaban J connectivity index is 1.11. The summed E-state index contributed by atoms with van der Waals surface area (Å²) in [4.78, 5) is 16.8. The number of aromatic nitrogens is 5. The number of likely N-dealkylation sites (tertiary alicyclic amines) is 2. The lowest BCUT2D eigenvalue weighted by Crippen LogP contribution is -2.66. The van der Waals surface area contributed by atoms with Crippen LogP contribution in [0.2, 0.25) is 0 Å². The van der Waals surface area contributed by atoms with Gasteiger partial charge in [-0.05, 0) is 43.6 Å². The maximum Gasteiger partial charge on any atom is 0.141 e. The highest BCUT2D eigenvalue weighted by Crippen LogP contribution is 2.37. The summed E-state index contributed by atoms with van der Waals surface area (Å²) in [5, 5.41) is 24.6. The first-order valence-electron chi connectivity index (χ1n) is 12.3. The van der Waals surface area contributed by atoms with Crippen LogP contribution in [0.1, 0.15) is 30.4 Å². The van der Waals surface area contributed by atoms with Gasteiger partial charge < -0.3 is 4.98 Å². The third-order valence-electron chi connectivity index (χ3n) is 7.70. The summed E-state index contributed by atoms with van der Waals surface area (Å²) >= 11 is 0. The largest absolute Gasteiger partial charge is 0.346 e. The minimum atomic E-state index is -0.305. The average Bonchev–Trinajstić information content (AvgIpc) is 3.57. The molecular formula is C27H27N9. The van der Waals surface area contributed by atoms with E-state index < -0.39 is 0 Å². The van der Waals surface area contributed by atoms with E-state index in [0.717, 1.165) is 79.0 Å². The van der Waals surface area contributed by atoms with Gasteiger partial charge in [0.2, 0.25) is 0 Å². The van der Waals surface area contributed by atoms with Crippen molar-refractivity contribution in [1.82, 2.24) is 34.5 Å². The average molecular weight is 478 g/mol. The Bertz CT molecular complexity index is 1460. The molecule has 0 aliphatic carbocycles. The van der Waals surface area contributed by atoms with Crippen molar-refractivity contribution in [1.29, 1.82) is 10.5 Å². The van der Waals surface area contributed by atoms with Crippen LogP contribution in [0.25, 0.3) is 22.3 Å². The second-order valence-corrected chi connectivity index (χ2v) is 9.88. The number of benzene rings is 1. The highest BCUT2D eigenvalue weighted by molar-refractivity contribution is 5.90. The van der Waals surface area contributed by atoms with Gasteiger partial charge in [-0.25, -0.2) is 9.97 Å². The minimum Gasteiger partial charge on any atom is -0.346 e. The van der Waals surface area contributed by atoms with Gasteiger partial charge in [0.1, 0.15) is 17.5 Å². The van der Waals surface area contributed by atoms with E-state index in [1.54, 1.807) is 6.33 Å². The number of piperidine rings is 1. The molecular weight excluding hydrogens is 450 g/mol. The first-order valence-corrected chi connectivity index (χ1v) is 12.3. The van der Waals surface area contributed by atoms with Crippen molar-refractivity contribution in [3.05, 3.63) is 66.4 Å². The Morgan fingerprint density at radius 3 is 2.72 bits per heavy atom. The fourth-order valence-corrected chi connectivity index (χ4v) is 5.71. The standard InChI is InChI=1S/C27H27N9/c28-9-8-27(36-16-22(14-33-36)25-24-5-10-30-26(24)32-19-31-25)17-35(18-27)23-6-11-34(12-7-23)15-21-4-2-1-3-20(21)13-29/h1-5,10,14,16,19,23H,6-8,11-12,15,17-18H2,(H,30,31,32). The van der Waals surface area contributed by atoms with E-state index in [9.17, 15) is 10.5 Å². The molecule has 4 aromatic rings. The van der Waals surface area contributed by atoms with E-state index in [2.05, 4.69) is 48.1 Å². The van der Waals surface area contributed by atoms with Crippen molar-refractivity contribution in [2.24, 2.45) is 0 Å². The summed E-state index contributed by atoms with van der Waals surface area (Å²) in [5.41, 5.74) is 4.15. The molecule has 2 saturated heterocycles. The molecule has 0 saturated carbocycles. The molecule has 36 heavy (non-hydrogen) atoms. The van der Waals surface area contributed by atoms with Crippen LogP contribution in [-0.4, -0.2) is 66.8 Å². The number of fused-ring (bicyclic) bond motifs is 1. The Morgan fingerprint density at radius 1 is 1.08 bits per heavy atom. The van der Waals surface area contributed by atoms with Crippen LogP contribution in [0.15, 0.2) is 55.2 Å². The second kappa shape index (κ2) is 9.19. The van der Waals surface area contributed by atoms with Gasteiger partial charge in [0.15, 0.2) is 0 Å². The molecule has 3 aromatic heterocycles. The van der Waals surface area contributed by atoms with Crippen molar-refractivity contribution in [3.63, 3.8) is 0 Å². The molecule has 0 spiro atoms. The monoisotopic (exact) mass is 477 g/mol. The number of H-pyrrole nitrogens is 1. The molecule has 9 nitrogen and oxygen atoms in total. The molecule has 0 amide bonds. The number of aromatic amines is 1. The number of nitrogens with zero attached hydrogens (tertiary/aromatic N) is 8. The zero-order valence-corrected chi connectivity index (χ0v) is 20.0. The Morgan fingerprint density at radius 2 is 1.92 bits per heavy atom. The van der Waals surface area contributed by atoms with E-state index in [4.69, 9.17) is 0 Å². The zero-order chi connectivity index (χ0) is 24.5. The maximum absolute atomic E-state index is 9.62. The molecule has 180 valence electrons. The smallest absolute Gasteiger partial charge is 0.141 e. The van der Waals surface area contributed by atoms with Crippen molar-refractivity contribution in [2.75, 3.05) is 26.2 Å². The summed E-state index contributed by atoms with van der Waals surface area (Å²) in [5.74, 6) is 0. The molecule has 1 aromatic carbocycles. The Labute approximate surface area is 209 Å². The number of nitrogens with one attached hydrogen (secondary N) is 1. The third-order valence-corrected chi connectivity index (χ3v) is 7.70. The fraction of sp³-hybridized carbons (Fsp3) is 0.370. The fourth-order valence-electron chi connectivity index (χ4n) is 5.71. The van der Waals surface area contributed by atoms with Gasteiger partial charge in [-0.1, -0.05) is 18.2 Å². The van der Waals surface area contributed by atoms with Crippen LogP contribution in [-0.2, 0) is 12.1 Å². The third kappa shape index (κ3) is 3.93. The van der Waals surface area contributed by atoms with Gasteiger partial charge in [-0.3, -0.25) is 14.5 Å². The van der Waals surface area contributed by atoms with E-state index in [0.29, 0.717) is 12.5 Å². The lowest BCUT2D eigenvalue weighted by molar-refractivity contribution is -0.0436. The number of hydrogen-bond donors (Lipinski definition) is 1. The van der Waals surface area contributed by atoms with E-state index in [-0.39, 0.29) is 5.54 Å². The Hall–Kier alpha value is -4.05. The molecule has 0 unspecified atom stereocenters. The van der Waals surface area contributed by atoms with Crippen LogP contribution in [0, 0.1) is 22.7 Å². The van der Waals surface area contributed by atoms with Crippen LogP contribution in [0.4, 0.5) is 0 Å². The maximum atomic E-state index is 9.62. The Kier molecular flexibility index (Phi) is 5.73. The lowest BCUT2D eigenvalue weighted by Gasteiger charge is -2.53. The molecule has 0 radical (unpaired) electrons. The van der Waals surface area contributed by atoms with Crippen LogP contribution >= 0.6 is 0 Å². The number of nitriles is 2. The van der Waals surface area contributed by atoms with Crippen LogP contribution in [0.5, 0.6) is 0 Å². The quantitative estimate of drug-likeness (QED) is 0.453. The highest BCUT2D eigenvalue weighted by Gasteiger charge is 2.48. The van der Waals surface area contributed by atoms with Gasteiger partial charge in [-0.2, -0.15) is 15.6 Å². The van der Waals surface area contributed by atoms with E-state index in [1.165, 1.54) is 0 Å². The predicted molar refractivity (Wildman–Crippen MR) is 134 cm³/mol. The SMILES string of the molecule is N#CCC1(n2cc(-c3ncnc4[nH]ccc34)cn2)CN(C2CCN(Cc3ccccc3C#N)CC2)C1. The summed E-state index contributed by atoms with van der Waals surface area (Å²) in [7, 11) is 0. The van der Waals surface area contributed by atoms with Gasteiger partial charge in [0.25, 0.3) is 0 Å². The topological polar surface area (TPSA) is 113 Å². The number of rotatable bonds is 6. The lowest BCUT2D eigenvalue weighted by atomic mass is 9.83. The first-order chi connectivity index (χ1) is 17.7. The van der Waals surface area contributed by atoms with Crippen LogP contribution in [0.3, 0.4) is 0 Å². The number of hydrogen-bond acceptors (Lipinski definition) is 7. The van der Waals surface area contributed by atoms with Crippen molar-refractivity contribution < 1.29 is 0 Å². The summed E-state index contributed by atoms with van der Waals surface area (Å²) in [6.07, 6.45) is 9.90. The molecule has 2 aliphatic heterocycles. The van der Waals surface area contributed by atoms with Crippen molar-refractivity contribution in [3.8, 4) is 23.4 Å². The zero-order valence-electron chi connectivity index (χ0n) is 20.0. The van der Waals surface area contributed by atoms with Gasteiger partial charge in [0, 0.05) is 49.0 Å². The molecule has 1 N–H and O–H groups in total. The van der Waals surface area contributed by atoms with Crippen molar-refractivity contribution in [2.45, 2.75) is 37.4 Å². The second-order valence-electron chi connectivity index (χ2n) is 9.88. The molecule has 9 heteroatoms. The minimum absolute atomic E-state index is 0.305. The summed E-state index contributed by atoms with van der Waals surface area (Å²) in [6.45, 7) is 4.50. The van der Waals surface area contributed by atoms with E-state index in [1.807, 2.05) is 47.5 Å². The predicted octanol–water partition coefficient (Wildman–Crippen LogP) is 3.28.